The van der Waals surface area contributed by atoms with Gasteiger partial charge in [-0.1, -0.05) is 6.92 Å². The van der Waals surface area contributed by atoms with E-state index in [2.05, 4.69) is 5.32 Å². The van der Waals surface area contributed by atoms with Crippen LogP contribution in [0.2, 0.25) is 0 Å². The number of primary amides is 1. The lowest BCUT2D eigenvalue weighted by molar-refractivity contribution is -0.120. The number of hydrogen-bond acceptors (Lipinski definition) is 5. The summed E-state index contributed by atoms with van der Waals surface area (Å²) in [5, 5.41) is 3.04. The highest BCUT2D eigenvalue weighted by Crippen LogP contribution is 2.35. The highest BCUT2D eigenvalue weighted by Gasteiger charge is 2.17. The van der Waals surface area contributed by atoms with Gasteiger partial charge in [-0.2, -0.15) is 0 Å². The lowest BCUT2D eigenvalue weighted by Gasteiger charge is -2.16. The number of hydrogen-bond donors (Lipinski definition) is 2. The normalized spacial score (nSPS) is 14.2. The topological polar surface area (TPSA) is 82.8 Å². The van der Waals surface area contributed by atoms with E-state index in [4.69, 9.17) is 19.9 Å². The zero-order chi connectivity index (χ0) is 13.7. The van der Waals surface area contributed by atoms with Crippen LogP contribution in [0.4, 0.5) is 0 Å². The summed E-state index contributed by atoms with van der Waals surface area (Å²) < 4.78 is 16.0. The maximum atomic E-state index is 11.2. The van der Waals surface area contributed by atoms with Crippen molar-refractivity contribution in [2.45, 2.75) is 19.4 Å². The smallest absolute Gasteiger partial charge is 0.238 e. The minimum atomic E-state index is -0.495. The molecule has 0 aliphatic carbocycles. The van der Waals surface area contributed by atoms with Gasteiger partial charge in [-0.05, 0) is 25.1 Å². The van der Waals surface area contributed by atoms with E-state index >= 15 is 0 Å². The Kier molecular flexibility index (Phi) is 4.46. The maximum Gasteiger partial charge on any atom is 0.238 e. The van der Waals surface area contributed by atoms with Gasteiger partial charge >= 0.3 is 0 Å². The van der Waals surface area contributed by atoms with Crippen molar-refractivity contribution >= 4 is 5.91 Å². The van der Waals surface area contributed by atoms with Gasteiger partial charge in [0.05, 0.1) is 0 Å². The highest BCUT2D eigenvalue weighted by molar-refractivity contribution is 5.80. The number of amides is 1. The number of carbonyl (C=O) groups is 1. The van der Waals surface area contributed by atoms with Crippen LogP contribution in [-0.4, -0.2) is 31.9 Å². The van der Waals surface area contributed by atoms with Crippen LogP contribution in [-0.2, 0) is 4.79 Å². The van der Waals surface area contributed by atoms with E-state index in [1.165, 1.54) is 0 Å². The van der Waals surface area contributed by atoms with Gasteiger partial charge in [0.25, 0.3) is 0 Å². The molecule has 3 N–H and O–H groups in total. The monoisotopic (exact) mass is 266 g/mol. The summed E-state index contributed by atoms with van der Waals surface area (Å²) in [4.78, 5) is 11.2. The number of nitrogens with two attached hydrogens (primary N) is 1. The first-order chi connectivity index (χ1) is 9.20. The molecule has 0 bridgehead atoms. The average Bonchev–Trinajstić information content (AvgIpc) is 2.85. The van der Waals surface area contributed by atoms with E-state index < -0.39 is 11.9 Å². The van der Waals surface area contributed by atoms with E-state index in [1.807, 2.05) is 6.92 Å². The first kappa shape index (κ1) is 13.5. The van der Waals surface area contributed by atoms with Crippen LogP contribution in [0.5, 0.6) is 17.2 Å². The Morgan fingerprint density at radius 2 is 2.26 bits per heavy atom. The largest absolute Gasteiger partial charge is 0.491 e. The molecule has 0 saturated carbocycles. The van der Waals surface area contributed by atoms with Crippen molar-refractivity contribution < 1.29 is 19.0 Å². The molecule has 1 heterocycles. The summed E-state index contributed by atoms with van der Waals surface area (Å²) in [5.41, 5.74) is 5.31. The molecular weight excluding hydrogens is 248 g/mol. The Hall–Kier alpha value is -1.95. The van der Waals surface area contributed by atoms with Crippen LogP contribution in [0.15, 0.2) is 18.2 Å². The third-order valence-electron chi connectivity index (χ3n) is 2.74. The predicted molar refractivity (Wildman–Crippen MR) is 69.3 cm³/mol. The van der Waals surface area contributed by atoms with E-state index in [0.717, 1.165) is 13.0 Å². The summed E-state index contributed by atoms with van der Waals surface area (Å²) in [6.07, 6.45) is 0.924. The molecular formula is C13H18N2O4. The van der Waals surface area contributed by atoms with Crippen molar-refractivity contribution in [2.24, 2.45) is 5.73 Å². The van der Waals surface area contributed by atoms with E-state index in [-0.39, 0.29) is 13.4 Å². The lowest BCUT2D eigenvalue weighted by atomic mass is 10.2. The van der Waals surface area contributed by atoms with Gasteiger partial charge in [0, 0.05) is 6.07 Å². The zero-order valence-electron chi connectivity index (χ0n) is 10.8. The van der Waals surface area contributed by atoms with Gasteiger partial charge < -0.3 is 25.3 Å². The molecule has 2 rings (SSSR count). The van der Waals surface area contributed by atoms with Gasteiger partial charge in [-0.25, -0.2) is 0 Å². The van der Waals surface area contributed by atoms with Crippen molar-refractivity contribution in [1.82, 2.24) is 5.32 Å². The maximum absolute atomic E-state index is 11.2. The Balaban J connectivity index is 1.91. The van der Waals surface area contributed by atoms with Crippen LogP contribution >= 0.6 is 0 Å². The fraction of sp³-hybridized carbons (Fsp3) is 0.462. The minimum absolute atomic E-state index is 0.189. The fourth-order valence-electron chi connectivity index (χ4n) is 1.71. The Bertz CT molecular complexity index is 450. The Morgan fingerprint density at radius 3 is 3.00 bits per heavy atom. The van der Waals surface area contributed by atoms with Crippen molar-refractivity contribution in [3.05, 3.63) is 18.2 Å². The lowest BCUT2D eigenvalue weighted by Crippen LogP contribution is -2.45. The van der Waals surface area contributed by atoms with E-state index in [0.29, 0.717) is 17.2 Å². The second kappa shape index (κ2) is 6.29. The molecule has 1 aromatic rings. The van der Waals surface area contributed by atoms with Gasteiger partial charge in [0.15, 0.2) is 11.5 Å². The number of fused-ring (bicyclic) bond motifs is 1. The number of nitrogens with one attached hydrogen (secondary N) is 1. The van der Waals surface area contributed by atoms with Crippen LogP contribution in [0.1, 0.15) is 13.3 Å². The molecule has 0 radical (unpaired) electrons. The molecule has 6 nitrogen and oxygen atoms in total. The molecule has 104 valence electrons. The molecule has 0 saturated heterocycles. The van der Waals surface area contributed by atoms with Crippen molar-refractivity contribution in [2.75, 3.05) is 19.9 Å². The summed E-state index contributed by atoms with van der Waals surface area (Å²) in [5.74, 6) is 1.54. The summed E-state index contributed by atoms with van der Waals surface area (Å²) in [6.45, 7) is 3.15. The number of carbonyl (C=O) groups excluding carboxylic acids is 1. The fourth-order valence-corrected chi connectivity index (χ4v) is 1.71. The molecule has 1 atom stereocenters. The summed E-state index contributed by atoms with van der Waals surface area (Å²) in [7, 11) is 0. The minimum Gasteiger partial charge on any atom is -0.491 e. The van der Waals surface area contributed by atoms with Gasteiger partial charge in [-0.15, -0.1) is 0 Å². The predicted octanol–water partition coefficient (Wildman–Crippen LogP) is 0.648. The Morgan fingerprint density at radius 1 is 1.47 bits per heavy atom. The Labute approximate surface area is 111 Å². The third kappa shape index (κ3) is 3.51. The van der Waals surface area contributed by atoms with Gasteiger partial charge in [-0.3, -0.25) is 4.79 Å². The number of benzene rings is 1. The molecule has 1 aromatic carbocycles. The first-order valence-corrected chi connectivity index (χ1v) is 6.26. The quantitative estimate of drug-likeness (QED) is 0.757. The molecule has 0 fully saturated rings. The van der Waals surface area contributed by atoms with Crippen LogP contribution in [0.25, 0.3) is 0 Å². The molecule has 1 amide bonds. The molecule has 19 heavy (non-hydrogen) atoms. The number of ether oxygens (including phenoxy) is 3. The second-order valence-electron chi connectivity index (χ2n) is 4.24. The molecule has 1 aliphatic heterocycles. The van der Waals surface area contributed by atoms with Gasteiger partial charge in [0.1, 0.15) is 18.4 Å². The summed E-state index contributed by atoms with van der Waals surface area (Å²) in [6, 6.07) is 4.78. The van der Waals surface area contributed by atoms with Crippen molar-refractivity contribution in [3.63, 3.8) is 0 Å². The highest BCUT2D eigenvalue weighted by atomic mass is 16.7. The van der Waals surface area contributed by atoms with Crippen LogP contribution in [0.3, 0.4) is 0 Å². The van der Waals surface area contributed by atoms with Gasteiger partial charge in [0.2, 0.25) is 12.7 Å². The standard InChI is InChI=1S/C13H18N2O4/c1-2-5-15-10(13(14)16)7-17-9-3-4-11-12(6-9)19-8-18-11/h3-4,6,10,15H,2,5,7-8H2,1H3,(H2,14,16). The van der Waals surface area contributed by atoms with Crippen LogP contribution < -0.4 is 25.3 Å². The zero-order valence-corrected chi connectivity index (χ0v) is 10.8. The molecule has 6 heteroatoms. The van der Waals surface area contributed by atoms with E-state index in [1.54, 1.807) is 18.2 Å². The molecule has 1 aliphatic rings. The van der Waals surface area contributed by atoms with Crippen molar-refractivity contribution in [1.29, 1.82) is 0 Å². The second-order valence-corrected chi connectivity index (χ2v) is 4.24. The third-order valence-corrected chi connectivity index (χ3v) is 2.74. The van der Waals surface area contributed by atoms with E-state index in [9.17, 15) is 4.79 Å². The SMILES string of the molecule is CCCNC(COc1ccc2c(c1)OCO2)C(N)=O. The first-order valence-electron chi connectivity index (χ1n) is 6.26. The molecule has 0 spiro atoms. The number of rotatable bonds is 7. The average molecular weight is 266 g/mol. The summed E-state index contributed by atoms with van der Waals surface area (Å²) >= 11 is 0. The van der Waals surface area contributed by atoms with Crippen molar-refractivity contribution in [3.8, 4) is 17.2 Å². The molecule has 1 unspecified atom stereocenters. The van der Waals surface area contributed by atoms with Crippen LogP contribution in [0, 0.1) is 0 Å². The molecule has 0 aromatic heterocycles.